The fourth-order valence-corrected chi connectivity index (χ4v) is 3.75. The van der Waals surface area contributed by atoms with Gasteiger partial charge in [-0.25, -0.2) is 0 Å². The molecule has 0 aliphatic carbocycles. The number of hydrogen-bond acceptors (Lipinski definition) is 6. The molecule has 0 N–H and O–H groups in total. The molecule has 0 amide bonds. The summed E-state index contributed by atoms with van der Waals surface area (Å²) in [5.41, 5.74) is 1.53. The molecule has 29 heavy (non-hydrogen) atoms. The molecule has 159 valence electrons. The zero-order chi connectivity index (χ0) is 19.6. The predicted octanol–water partition coefficient (Wildman–Crippen LogP) is 3.15. The zero-order valence-corrected chi connectivity index (χ0v) is 18.9. The van der Waals surface area contributed by atoms with Gasteiger partial charge in [0.1, 0.15) is 5.71 Å². The zero-order valence-electron chi connectivity index (χ0n) is 16.3. The molecule has 1 radical (unpaired) electrons. The fraction of sp³-hybridized carbons (Fsp3) is 0.500. The van der Waals surface area contributed by atoms with E-state index in [1.54, 1.807) is 6.21 Å². The smallest absolute Gasteiger partial charge is 0.741 e. The van der Waals surface area contributed by atoms with Gasteiger partial charge in [-0.2, -0.15) is 15.3 Å². The van der Waals surface area contributed by atoms with E-state index in [4.69, 9.17) is 25.3 Å². The van der Waals surface area contributed by atoms with Crippen LogP contribution in [0.3, 0.4) is 0 Å². The Balaban J connectivity index is 0.00000300. The Morgan fingerprint density at radius 3 is 1.79 bits per heavy atom. The van der Waals surface area contributed by atoms with Gasteiger partial charge in [-0.05, 0) is 38.5 Å². The van der Waals surface area contributed by atoms with Gasteiger partial charge in [-0.3, -0.25) is 0 Å². The maximum atomic E-state index is 5.44. The van der Waals surface area contributed by atoms with Crippen LogP contribution in [0, 0.1) is 0 Å². The van der Waals surface area contributed by atoms with Crippen molar-refractivity contribution in [3.8, 4) is 0 Å². The Kier molecular flexibility index (Phi) is 10.6. The molecule has 2 fully saturated rings. The minimum atomic E-state index is 0. The summed E-state index contributed by atoms with van der Waals surface area (Å²) < 4.78 is 0. The molecule has 2 aliphatic rings. The van der Waals surface area contributed by atoms with Gasteiger partial charge in [-0.1, -0.05) is 30.3 Å². The molecule has 0 saturated carbocycles. The SMILES string of the molecule is [Cu+2].[S-]\C(=N/N=C/C(=N/N=C(\[S-])N1CCCCC1)c1ccccc1)N1CCCCC1. The first-order valence-electron chi connectivity index (χ1n) is 9.90. The van der Waals surface area contributed by atoms with Gasteiger partial charge in [0, 0.05) is 42.1 Å². The van der Waals surface area contributed by atoms with Crippen molar-refractivity contribution in [3.05, 3.63) is 35.9 Å². The molecule has 0 atom stereocenters. The molecule has 3 rings (SSSR count). The normalized spacial score (nSPS) is 19.4. The molecule has 6 nitrogen and oxygen atoms in total. The average Bonchev–Trinajstić information content (AvgIpc) is 2.77. The Morgan fingerprint density at radius 2 is 1.24 bits per heavy atom. The first kappa shape index (κ1) is 23.7. The molecule has 2 heterocycles. The largest absolute Gasteiger partial charge is 2.00 e. The molecule has 2 aliphatic heterocycles. The van der Waals surface area contributed by atoms with E-state index in [2.05, 4.69) is 30.2 Å². The molecule has 9 heteroatoms. The van der Waals surface area contributed by atoms with Crippen LogP contribution in [-0.4, -0.2) is 58.2 Å². The van der Waals surface area contributed by atoms with Crippen molar-refractivity contribution < 1.29 is 17.1 Å². The molecule has 1 aromatic carbocycles. The van der Waals surface area contributed by atoms with E-state index in [9.17, 15) is 0 Å². The summed E-state index contributed by atoms with van der Waals surface area (Å²) in [5, 5.41) is 18.1. The van der Waals surface area contributed by atoms with Crippen LogP contribution >= 0.6 is 0 Å². The van der Waals surface area contributed by atoms with Crippen LogP contribution in [-0.2, 0) is 42.3 Å². The van der Waals surface area contributed by atoms with Crippen LogP contribution in [0.1, 0.15) is 44.1 Å². The van der Waals surface area contributed by atoms with Crippen LogP contribution in [0.4, 0.5) is 0 Å². The van der Waals surface area contributed by atoms with Gasteiger partial charge >= 0.3 is 17.1 Å². The van der Waals surface area contributed by atoms with Gasteiger partial charge in [0.15, 0.2) is 0 Å². The van der Waals surface area contributed by atoms with Gasteiger partial charge in [0.2, 0.25) is 0 Å². The molecule has 0 spiro atoms. The molecule has 1 aromatic rings. The van der Waals surface area contributed by atoms with Gasteiger partial charge in [0.05, 0.1) is 6.21 Å². The molecule has 0 unspecified atom stereocenters. The van der Waals surface area contributed by atoms with Crippen molar-refractivity contribution in [2.45, 2.75) is 38.5 Å². The van der Waals surface area contributed by atoms with Crippen molar-refractivity contribution in [3.63, 3.8) is 0 Å². The van der Waals surface area contributed by atoms with E-state index >= 15 is 0 Å². The molecule has 0 bridgehead atoms. The summed E-state index contributed by atoms with van der Waals surface area (Å²) in [6.07, 6.45) is 8.73. The summed E-state index contributed by atoms with van der Waals surface area (Å²) in [4.78, 5) is 4.21. The molecule has 2 saturated heterocycles. The fourth-order valence-electron chi connectivity index (χ4n) is 3.29. The van der Waals surface area contributed by atoms with Crippen molar-refractivity contribution in [1.82, 2.24) is 9.80 Å². The van der Waals surface area contributed by atoms with E-state index in [0.717, 1.165) is 57.4 Å². The predicted molar refractivity (Wildman–Crippen MR) is 122 cm³/mol. The topological polar surface area (TPSA) is 55.9 Å². The number of benzene rings is 1. The second-order valence-electron chi connectivity index (χ2n) is 6.96. The standard InChI is InChI=1S/C20H28N6S2.Cu/c27-19(25-12-6-2-7-13-25)23-21-16-18(17-10-4-1-5-11-17)22-24-20(28)26-14-8-3-9-15-26;/h1,4-5,10-11,16H,2-3,6-9,12-15H2,(H,23,27)(H,24,28);/q;+2/p-2/b21-16+,22-18-;. The van der Waals surface area contributed by atoms with Crippen molar-refractivity contribution in [2.24, 2.45) is 20.4 Å². The number of likely N-dealkylation sites (tertiary alicyclic amines) is 2. The van der Waals surface area contributed by atoms with E-state index in [1.165, 1.54) is 12.8 Å². The van der Waals surface area contributed by atoms with E-state index < -0.39 is 0 Å². The second-order valence-corrected chi connectivity index (χ2v) is 7.69. The first-order chi connectivity index (χ1) is 13.7. The van der Waals surface area contributed by atoms with Gasteiger partial charge < -0.3 is 35.1 Å². The Hall–Kier alpha value is -1.54. The number of hydrogen-bond donors (Lipinski definition) is 0. The van der Waals surface area contributed by atoms with E-state index in [0.29, 0.717) is 16.0 Å². The van der Waals surface area contributed by atoms with Crippen LogP contribution in [0.5, 0.6) is 0 Å². The van der Waals surface area contributed by atoms with Gasteiger partial charge in [0.25, 0.3) is 0 Å². The maximum absolute atomic E-state index is 5.44. The van der Waals surface area contributed by atoms with E-state index in [1.807, 2.05) is 30.3 Å². The second kappa shape index (κ2) is 12.9. The number of rotatable bonds is 4. The first-order valence-corrected chi connectivity index (χ1v) is 10.7. The summed E-state index contributed by atoms with van der Waals surface area (Å²) in [7, 11) is 0. The monoisotopic (exact) mass is 477 g/mol. The summed E-state index contributed by atoms with van der Waals surface area (Å²) >= 11 is 10.8. The van der Waals surface area contributed by atoms with Crippen molar-refractivity contribution in [1.29, 1.82) is 0 Å². The molecular formula is C20H26CuN6S2. The Morgan fingerprint density at radius 1 is 0.724 bits per heavy atom. The van der Waals surface area contributed by atoms with E-state index in [-0.39, 0.29) is 17.1 Å². The third-order valence-corrected chi connectivity index (χ3v) is 5.57. The molecular weight excluding hydrogens is 452 g/mol. The summed E-state index contributed by atoms with van der Waals surface area (Å²) in [6, 6.07) is 9.80. The quantitative estimate of drug-likeness (QED) is 0.220. The minimum Gasteiger partial charge on any atom is -0.741 e. The number of amidine groups is 2. The Labute approximate surface area is 194 Å². The van der Waals surface area contributed by atoms with Crippen LogP contribution in [0.2, 0.25) is 0 Å². The summed E-state index contributed by atoms with van der Waals surface area (Å²) in [5.74, 6) is 0. The Bertz CT molecular complexity index is 739. The third kappa shape index (κ3) is 7.66. The maximum Gasteiger partial charge on any atom is 2.00 e. The van der Waals surface area contributed by atoms with Crippen molar-refractivity contribution in [2.75, 3.05) is 26.2 Å². The minimum absolute atomic E-state index is 0. The van der Waals surface area contributed by atoms with Gasteiger partial charge in [-0.15, -0.1) is 5.10 Å². The number of piperidine rings is 2. The number of nitrogens with zero attached hydrogens (tertiary/aromatic N) is 6. The van der Waals surface area contributed by atoms with Crippen LogP contribution in [0.15, 0.2) is 50.7 Å². The van der Waals surface area contributed by atoms with Crippen LogP contribution < -0.4 is 0 Å². The van der Waals surface area contributed by atoms with Crippen molar-refractivity contribution >= 4 is 47.5 Å². The average molecular weight is 478 g/mol. The molecule has 0 aromatic heterocycles. The van der Waals surface area contributed by atoms with Crippen LogP contribution in [0.25, 0.3) is 0 Å². The third-order valence-electron chi connectivity index (χ3n) is 4.89. The summed E-state index contributed by atoms with van der Waals surface area (Å²) in [6.45, 7) is 3.81.